The highest BCUT2D eigenvalue weighted by Crippen LogP contribution is 2.14. The molecule has 2 rings (SSSR count). The standard InChI is InChI=1S/C15H14FNO2/c1-19-15(18)14-8-3-2-5-11(14)10-17-13-7-4-6-12(16)9-13/h2-9,17H,10H2,1H3. The van der Waals surface area contributed by atoms with Gasteiger partial charge < -0.3 is 10.1 Å². The summed E-state index contributed by atoms with van der Waals surface area (Å²) in [5.74, 6) is -0.678. The van der Waals surface area contributed by atoms with Gasteiger partial charge in [-0.25, -0.2) is 9.18 Å². The summed E-state index contributed by atoms with van der Waals surface area (Å²) >= 11 is 0. The van der Waals surface area contributed by atoms with E-state index in [0.717, 1.165) is 5.56 Å². The van der Waals surface area contributed by atoms with Gasteiger partial charge in [-0.05, 0) is 29.8 Å². The van der Waals surface area contributed by atoms with Crippen LogP contribution < -0.4 is 5.32 Å². The van der Waals surface area contributed by atoms with Gasteiger partial charge in [0.1, 0.15) is 5.82 Å². The highest BCUT2D eigenvalue weighted by molar-refractivity contribution is 5.91. The molecule has 0 amide bonds. The van der Waals surface area contributed by atoms with E-state index in [-0.39, 0.29) is 11.8 Å². The van der Waals surface area contributed by atoms with Crippen LogP contribution in [-0.2, 0) is 11.3 Å². The summed E-state index contributed by atoms with van der Waals surface area (Å²) in [6.07, 6.45) is 0. The van der Waals surface area contributed by atoms with Crippen molar-refractivity contribution in [2.75, 3.05) is 12.4 Å². The molecule has 19 heavy (non-hydrogen) atoms. The molecule has 0 heterocycles. The highest BCUT2D eigenvalue weighted by Gasteiger charge is 2.10. The van der Waals surface area contributed by atoms with Crippen LogP contribution >= 0.6 is 0 Å². The van der Waals surface area contributed by atoms with Crippen molar-refractivity contribution in [3.63, 3.8) is 0 Å². The first-order valence-electron chi connectivity index (χ1n) is 5.86. The van der Waals surface area contributed by atoms with Crippen molar-refractivity contribution in [3.8, 4) is 0 Å². The van der Waals surface area contributed by atoms with Crippen LogP contribution in [0, 0.1) is 5.82 Å². The molecule has 0 fully saturated rings. The van der Waals surface area contributed by atoms with E-state index in [1.807, 2.05) is 12.1 Å². The Morgan fingerprint density at radius 2 is 2.00 bits per heavy atom. The van der Waals surface area contributed by atoms with Gasteiger partial charge in [0, 0.05) is 12.2 Å². The number of esters is 1. The molecule has 4 heteroatoms. The van der Waals surface area contributed by atoms with Crippen molar-refractivity contribution in [2.24, 2.45) is 0 Å². The second-order valence-corrected chi connectivity index (χ2v) is 4.01. The zero-order valence-electron chi connectivity index (χ0n) is 10.5. The predicted octanol–water partition coefficient (Wildman–Crippen LogP) is 3.22. The number of carbonyl (C=O) groups excluding carboxylic acids is 1. The lowest BCUT2D eigenvalue weighted by Crippen LogP contribution is -2.09. The molecule has 0 aromatic heterocycles. The van der Waals surface area contributed by atoms with Crippen LogP contribution in [0.1, 0.15) is 15.9 Å². The number of benzene rings is 2. The molecular formula is C15H14FNO2. The van der Waals surface area contributed by atoms with Crippen LogP contribution in [0.4, 0.5) is 10.1 Å². The Bertz CT molecular complexity index is 584. The molecule has 2 aromatic carbocycles. The summed E-state index contributed by atoms with van der Waals surface area (Å²) in [4.78, 5) is 11.6. The van der Waals surface area contributed by atoms with Gasteiger partial charge in [0.15, 0.2) is 0 Å². The van der Waals surface area contributed by atoms with Crippen LogP contribution in [0.15, 0.2) is 48.5 Å². The fourth-order valence-corrected chi connectivity index (χ4v) is 1.78. The molecule has 0 saturated carbocycles. The van der Waals surface area contributed by atoms with Crippen molar-refractivity contribution in [1.29, 1.82) is 0 Å². The summed E-state index contributed by atoms with van der Waals surface area (Å²) in [6, 6.07) is 13.3. The van der Waals surface area contributed by atoms with Crippen LogP contribution in [-0.4, -0.2) is 13.1 Å². The summed E-state index contributed by atoms with van der Waals surface area (Å²) in [5, 5.41) is 3.07. The Morgan fingerprint density at radius 3 is 2.74 bits per heavy atom. The average Bonchev–Trinajstić information content (AvgIpc) is 2.45. The minimum absolute atomic E-state index is 0.300. The third-order valence-electron chi connectivity index (χ3n) is 2.73. The third kappa shape index (κ3) is 3.31. The second kappa shape index (κ2) is 6.00. The molecular weight excluding hydrogens is 245 g/mol. The van der Waals surface area contributed by atoms with Crippen LogP contribution in [0.3, 0.4) is 0 Å². The fourth-order valence-electron chi connectivity index (χ4n) is 1.78. The number of nitrogens with one attached hydrogen (secondary N) is 1. The van der Waals surface area contributed by atoms with Gasteiger partial charge in [0.25, 0.3) is 0 Å². The first kappa shape index (κ1) is 13.1. The van der Waals surface area contributed by atoms with Crippen LogP contribution in [0.5, 0.6) is 0 Å². The highest BCUT2D eigenvalue weighted by atomic mass is 19.1. The molecule has 98 valence electrons. The molecule has 0 spiro atoms. The van der Waals surface area contributed by atoms with Gasteiger partial charge >= 0.3 is 5.97 Å². The monoisotopic (exact) mass is 259 g/mol. The minimum atomic E-state index is -0.378. The Labute approximate surface area is 111 Å². The maximum atomic E-state index is 13.0. The van der Waals surface area contributed by atoms with Gasteiger partial charge in [0.05, 0.1) is 12.7 Å². The second-order valence-electron chi connectivity index (χ2n) is 4.01. The van der Waals surface area contributed by atoms with E-state index in [2.05, 4.69) is 5.32 Å². The number of rotatable bonds is 4. The number of halogens is 1. The maximum Gasteiger partial charge on any atom is 0.338 e. The Balaban J connectivity index is 2.13. The normalized spacial score (nSPS) is 10.0. The number of hydrogen-bond acceptors (Lipinski definition) is 3. The molecule has 0 aliphatic carbocycles. The van der Waals surface area contributed by atoms with Gasteiger partial charge in [-0.2, -0.15) is 0 Å². The smallest absolute Gasteiger partial charge is 0.338 e. The average molecular weight is 259 g/mol. The van der Waals surface area contributed by atoms with Crippen molar-refractivity contribution >= 4 is 11.7 Å². The van der Waals surface area contributed by atoms with Crippen molar-refractivity contribution in [2.45, 2.75) is 6.54 Å². The number of ether oxygens (including phenoxy) is 1. The van der Waals surface area contributed by atoms with E-state index >= 15 is 0 Å². The Hall–Kier alpha value is -2.36. The Morgan fingerprint density at radius 1 is 1.21 bits per heavy atom. The van der Waals surface area contributed by atoms with Crippen molar-refractivity contribution in [3.05, 3.63) is 65.5 Å². The van der Waals surface area contributed by atoms with E-state index < -0.39 is 0 Å². The number of anilines is 1. The minimum Gasteiger partial charge on any atom is -0.465 e. The lowest BCUT2D eigenvalue weighted by molar-refractivity contribution is 0.0599. The topological polar surface area (TPSA) is 38.3 Å². The molecule has 0 atom stereocenters. The van der Waals surface area contributed by atoms with Crippen molar-refractivity contribution in [1.82, 2.24) is 0 Å². The lowest BCUT2D eigenvalue weighted by atomic mass is 10.1. The number of hydrogen-bond donors (Lipinski definition) is 1. The number of carbonyl (C=O) groups is 1. The van der Waals surface area contributed by atoms with Gasteiger partial charge in [-0.15, -0.1) is 0 Å². The first-order chi connectivity index (χ1) is 9.20. The molecule has 0 bridgehead atoms. The number of methoxy groups -OCH3 is 1. The van der Waals surface area contributed by atoms with Gasteiger partial charge in [-0.3, -0.25) is 0 Å². The van der Waals surface area contributed by atoms with E-state index in [4.69, 9.17) is 4.74 Å². The van der Waals surface area contributed by atoms with Crippen molar-refractivity contribution < 1.29 is 13.9 Å². The van der Waals surface area contributed by atoms with E-state index in [1.165, 1.54) is 19.2 Å². The summed E-state index contributed by atoms with van der Waals surface area (Å²) in [6.45, 7) is 0.425. The zero-order valence-corrected chi connectivity index (χ0v) is 10.5. The largest absolute Gasteiger partial charge is 0.465 e. The molecule has 2 aromatic rings. The van der Waals surface area contributed by atoms with Gasteiger partial charge in [0.2, 0.25) is 0 Å². The molecule has 0 aliphatic rings. The quantitative estimate of drug-likeness (QED) is 0.857. The van der Waals surface area contributed by atoms with E-state index in [1.54, 1.807) is 24.3 Å². The van der Waals surface area contributed by atoms with E-state index in [9.17, 15) is 9.18 Å². The Kier molecular flexibility index (Phi) is 4.13. The summed E-state index contributed by atoms with van der Waals surface area (Å²) in [7, 11) is 1.35. The summed E-state index contributed by atoms with van der Waals surface area (Å²) < 4.78 is 17.8. The SMILES string of the molecule is COC(=O)c1ccccc1CNc1cccc(F)c1. The molecule has 1 N–H and O–H groups in total. The molecule has 0 radical (unpaired) electrons. The zero-order chi connectivity index (χ0) is 13.7. The predicted molar refractivity (Wildman–Crippen MR) is 71.5 cm³/mol. The molecule has 0 unspecified atom stereocenters. The molecule has 0 saturated heterocycles. The lowest BCUT2D eigenvalue weighted by Gasteiger charge is -2.10. The fraction of sp³-hybridized carbons (Fsp3) is 0.133. The summed E-state index contributed by atoms with van der Waals surface area (Å²) in [5.41, 5.74) is 1.98. The third-order valence-corrected chi connectivity index (χ3v) is 2.73. The maximum absolute atomic E-state index is 13.0. The molecule has 3 nitrogen and oxygen atoms in total. The van der Waals surface area contributed by atoms with E-state index in [0.29, 0.717) is 17.8 Å². The first-order valence-corrected chi connectivity index (χ1v) is 5.86. The van der Waals surface area contributed by atoms with Gasteiger partial charge in [-0.1, -0.05) is 24.3 Å². The van der Waals surface area contributed by atoms with Crippen LogP contribution in [0.25, 0.3) is 0 Å². The molecule has 0 aliphatic heterocycles. The van der Waals surface area contributed by atoms with Crippen LogP contribution in [0.2, 0.25) is 0 Å².